The molecule has 1 aliphatic heterocycles. The average molecular weight is 432 g/mol. The van der Waals surface area contributed by atoms with Crippen LogP contribution in [0.5, 0.6) is 0 Å². The SMILES string of the molecule is CCOC(=O)c1scc(C)c1N/C([O-])=C\[P+]1(Cc2ccccc2)CCCCCC1. The Kier molecular flexibility index (Phi) is 7.74. The number of carbonyl (C=O) groups excluding carboxylic acids is 1. The first-order chi connectivity index (χ1) is 14.0. The molecular formula is C23H30NO3PS. The molecule has 1 saturated heterocycles. The van der Waals surface area contributed by atoms with Crippen LogP contribution in [0.2, 0.25) is 0 Å². The Morgan fingerprint density at radius 3 is 2.55 bits per heavy atom. The lowest BCUT2D eigenvalue weighted by molar-refractivity contribution is -0.299. The van der Waals surface area contributed by atoms with Gasteiger partial charge in [0.25, 0.3) is 0 Å². The molecule has 0 radical (unpaired) electrons. The van der Waals surface area contributed by atoms with Gasteiger partial charge in [-0.25, -0.2) is 4.79 Å². The van der Waals surface area contributed by atoms with E-state index in [9.17, 15) is 9.90 Å². The first-order valence-corrected chi connectivity index (χ1v) is 13.6. The van der Waals surface area contributed by atoms with Crippen molar-refractivity contribution in [3.8, 4) is 0 Å². The van der Waals surface area contributed by atoms with Gasteiger partial charge in [0, 0.05) is 7.26 Å². The van der Waals surface area contributed by atoms with Crippen LogP contribution in [0.4, 0.5) is 5.69 Å². The maximum atomic E-state index is 13.1. The van der Waals surface area contributed by atoms with E-state index in [0.29, 0.717) is 17.2 Å². The van der Waals surface area contributed by atoms with Crippen molar-refractivity contribution in [1.82, 2.24) is 0 Å². The number of esters is 1. The van der Waals surface area contributed by atoms with Crippen LogP contribution in [0.25, 0.3) is 0 Å². The summed E-state index contributed by atoms with van der Waals surface area (Å²) in [5, 5.41) is 18.0. The molecule has 1 aromatic carbocycles. The van der Waals surface area contributed by atoms with Crippen LogP contribution in [-0.2, 0) is 10.9 Å². The van der Waals surface area contributed by atoms with Crippen LogP contribution in [-0.4, -0.2) is 24.9 Å². The third-order valence-corrected chi connectivity index (χ3v) is 10.6. The number of aryl methyl sites for hydroxylation is 1. The van der Waals surface area contributed by atoms with Crippen LogP contribution < -0.4 is 10.4 Å². The van der Waals surface area contributed by atoms with E-state index in [-0.39, 0.29) is 11.9 Å². The summed E-state index contributed by atoms with van der Waals surface area (Å²) >= 11 is 1.32. The van der Waals surface area contributed by atoms with Crippen molar-refractivity contribution < 1.29 is 14.6 Å². The second kappa shape index (κ2) is 10.3. The third-order valence-electron chi connectivity index (χ3n) is 5.37. The number of thiophene rings is 1. The van der Waals surface area contributed by atoms with Crippen molar-refractivity contribution in [2.75, 3.05) is 24.2 Å². The lowest BCUT2D eigenvalue weighted by atomic mass is 10.2. The minimum Gasteiger partial charge on any atom is -0.858 e. The summed E-state index contributed by atoms with van der Waals surface area (Å²) in [7, 11) is -1.55. The van der Waals surface area contributed by atoms with Crippen LogP contribution >= 0.6 is 18.6 Å². The number of rotatable bonds is 7. The summed E-state index contributed by atoms with van der Waals surface area (Å²) in [5.74, 6) is 1.55. The lowest BCUT2D eigenvalue weighted by Gasteiger charge is -2.26. The van der Waals surface area contributed by atoms with E-state index < -0.39 is 7.26 Å². The Bertz CT molecular complexity index is 839. The predicted molar refractivity (Wildman–Crippen MR) is 122 cm³/mol. The smallest absolute Gasteiger partial charge is 0.350 e. The summed E-state index contributed by atoms with van der Waals surface area (Å²) in [6.07, 6.45) is 8.12. The largest absolute Gasteiger partial charge is 0.858 e. The average Bonchev–Trinajstić information content (AvgIpc) is 2.91. The molecular weight excluding hydrogens is 401 g/mol. The monoisotopic (exact) mass is 431 g/mol. The summed E-state index contributed by atoms with van der Waals surface area (Å²) in [6.45, 7) is 4.02. The molecule has 156 valence electrons. The quantitative estimate of drug-likeness (QED) is 0.352. The van der Waals surface area contributed by atoms with Gasteiger partial charge in [-0.15, -0.1) is 11.3 Å². The van der Waals surface area contributed by atoms with E-state index in [1.54, 1.807) is 6.92 Å². The maximum Gasteiger partial charge on any atom is 0.350 e. The van der Waals surface area contributed by atoms with E-state index in [0.717, 1.165) is 24.0 Å². The second-order valence-corrected chi connectivity index (χ2v) is 12.5. The van der Waals surface area contributed by atoms with E-state index in [1.165, 1.54) is 42.6 Å². The number of anilines is 1. The fourth-order valence-corrected chi connectivity index (χ4v) is 8.94. The number of hydrogen-bond donors (Lipinski definition) is 1. The van der Waals surface area contributed by atoms with Gasteiger partial charge in [-0.2, -0.15) is 0 Å². The van der Waals surface area contributed by atoms with Gasteiger partial charge in [-0.05, 0) is 61.9 Å². The van der Waals surface area contributed by atoms with E-state index in [1.807, 2.05) is 24.2 Å². The summed E-state index contributed by atoms with van der Waals surface area (Å²) in [6, 6.07) is 10.5. The Morgan fingerprint density at radius 1 is 1.21 bits per heavy atom. The summed E-state index contributed by atoms with van der Waals surface area (Å²) in [4.78, 5) is 12.7. The molecule has 3 rings (SSSR count). The zero-order valence-electron chi connectivity index (χ0n) is 17.3. The Hall–Kier alpha value is -1.84. The molecule has 0 unspecified atom stereocenters. The molecule has 1 fully saturated rings. The van der Waals surface area contributed by atoms with Crippen molar-refractivity contribution in [2.45, 2.75) is 45.7 Å². The molecule has 29 heavy (non-hydrogen) atoms. The van der Waals surface area contributed by atoms with Crippen LogP contribution in [0.15, 0.2) is 47.4 Å². The van der Waals surface area contributed by atoms with Gasteiger partial charge in [0.05, 0.1) is 36.6 Å². The topological polar surface area (TPSA) is 61.4 Å². The normalized spacial score (nSPS) is 16.8. The number of ether oxygens (including phenoxy) is 1. The summed E-state index contributed by atoms with van der Waals surface area (Å²) < 4.78 is 5.15. The van der Waals surface area contributed by atoms with E-state index in [2.05, 4.69) is 29.6 Å². The van der Waals surface area contributed by atoms with Gasteiger partial charge in [0.15, 0.2) is 0 Å². The first-order valence-electron chi connectivity index (χ1n) is 10.3. The Balaban J connectivity index is 1.86. The number of hydrogen-bond acceptors (Lipinski definition) is 5. The zero-order valence-corrected chi connectivity index (χ0v) is 19.0. The highest BCUT2D eigenvalue weighted by molar-refractivity contribution is 7.78. The van der Waals surface area contributed by atoms with Gasteiger partial charge >= 0.3 is 5.97 Å². The van der Waals surface area contributed by atoms with Crippen LogP contribution in [0.1, 0.15) is 53.4 Å². The third kappa shape index (κ3) is 5.83. The highest BCUT2D eigenvalue weighted by atomic mass is 32.1. The lowest BCUT2D eigenvalue weighted by Crippen LogP contribution is -2.18. The second-order valence-electron chi connectivity index (χ2n) is 7.69. The molecule has 0 atom stereocenters. The fraction of sp³-hybridized carbons (Fsp3) is 0.435. The van der Waals surface area contributed by atoms with Crippen molar-refractivity contribution in [3.63, 3.8) is 0 Å². The van der Waals surface area contributed by atoms with Gasteiger partial charge in [0.1, 0.15) is 4.88 Å². The first kappa shape index (κ1) is 21.9. The predicted octanol–water partition coefficient (Wildman–Crippen LogP) is 5.60. The van der Waals surface area contributed by atoms with Crippen molar-refractivity contribution in [1.29, 1.82) is 0 Å². The van der Waals surface area contributed by atoms with Gasteiger partial charge in [-0.1, -0.05) is 30.3 Å². The Morgan fingerprint density at radius 2 is 1.90 bits per heavy atom. The molecule has 1 aromatic heterocycles. The molecule has 0 saturated carbocycles. The maximum absolute atomic E-state index is 13.1. The van der Waals surface area contributed by atoms with Crippen molar-refractivity contribution in [2.24, 2.45) is 0 Å². The molecule has 4 nitrogen and oxygen atoms in total. The van der Waals surface area contributed by atoms with Crippen LogP contribution in [0, 0.1) is 6.92 Å². The Labute approximate surface area is 178 Å². The number of carbonyl (C=O) groups is 1. The minimum absolute atomic E-state index is 0.0804. The van der Waals surface area contributed by atoms with E-state index in [4.69, 9.17) is 4.74 Å². The molecule has 0 spiro atoms. The molecule has 1 N–H and O–H groups in total. The molecule has 2 heterocycles. The molecule has 0 bridgehead atoms. The number of nitrogens with one attached hydrogen (secondary N) is 1. The molecule has 2 aromatic rings. The highest BCUT2D eigenvalue weighted by Crippen LogP contribution is 2.65. The molecule has 6 heteroatoms. The zero-order chi connectivity index (χ0) is 20.7. The van der Waals surface area contributed by atoms with Crippen LogP contribution in [0.3, 0.4) is 0 Å². The fourth-order valence-electron chi connectivity index (χ4n) is 3.95. The van der Waals surface area contributed by atoms with Crippen molar-refractivity contribution >= 4 is 30.3 Å². The van der Waals surface area contributed by atoms with Crippen molar-refractivity contribution in [3.05, 3.63) is 63.4 Å². The van der Waals surface area contributed by atoms with Gasteiger partial charge in [0.2, 0.25) is 0 Å². The van der Waals surface area contributed by atoms with Gasteiger partial charge < -0.3 is 15.2 Å². The standard InChI is InChI=1S/C23H30NO3PS/c1-3-27-23(26)22-21(18(2)17-29-22)24-20(25)16-28(13-9-4-5-10-14-28)15-19-11-7-6-8-12-19/h6-8,11-12,16-17H,3-5,9-10,13-15H2,1-2H3,(H-,24,25,26)/b20-16+. The number of benzene rings is 1. The van der Waals surface area contributed by atoms with Gasteiger partial charge in [-0.3, -0.25) is 0 Å². The molecule has 1 aliphatic rings. The summed E-state index contributed by atoms with van der Waals surface area (Å²) in [5.41, 5.74) is 2.81. The highest BCUT2D eigenvalue weighted by Gasteiger charge is 2.36. The molecule has 0 aliphatic carbocycles. The van der Waals surface area contributed by atoms with E-state index >= 15 is 0 Å². The molecule has 0 amide bonds. The minimum atomic E-state index is -1.55.